The molecule has 0 bridgehead atoms. The van der Waals surface area contributed by atoms with Gasteiger partial charge in [0.1, 0.15) is 11.4 Å². The molecule has 0 saturated carbocycles. The largest absolute Gasteiger partial charge is 0.497 e. The average molecular weight is 285 g/mol. The van der Waals surface area contributed by atoms with Crippen molar-refractivity contribution in [3.63, 3.8) is 0 Å². The van der Waals surface area contributed by atoms with E-state index in [9.17, 15) is 0 Å². The number of methoxy groups -OCH3 is 1. The van der Waals surface area contributed by atoms with Crippen molar-refractivity contribution in [3.05, 3.63) is 30.1 Å². The monoisotopic (exact) mass is 285 g/mol. The highest BCUT2D eigenvalue weighted by Gasteiger charge is 2.15. The van der Waals surface area contributed by atoms with Crippen LogP contribution in [-0.4, -0.2) is 37.1 Å². The Balaban J connectivity index is 2.15. The maximum absolute atomic E-state index is 5.89. The van der Waals surface area contributed by atoms with Gasteiger partial charge in [0.05, 0.1) is 19.0 Å². The van der Waals surface area contributed by atoms with E-state index in [2.05, 4.69) is 20.6 Å². The van der Waals surface area contributed by atoms with Crippen molar-refractivity contribution in [1.29, 1.82) is 0 Å². The Morgan fingerprint density at radius 2 is 2.05 bits per heavy atom. The summed E-state index contributed by atoms with van der Waals surface area (Å²) in [5.41, 5.74) is 8.91. The number of hydrogen-bond donors (Lipinski definition) is 1. The third-order valence-corrected chi connectivity index (χ3v) is 3.11. The van der Waals surface area contributed by atoms with Crippen molar-refractivity contribution in [1.82, 2.24) is 30.0 Å². The molecule has 1 aromatic carbocycles. The molecule has 0 saturated heterocycles. The molecule has 0 atom stereocenters. The third kappa shape index (κ3) is 2.31. The summed E-state index contributed by atoms with van der Waals surface area (Å²) in [6, 6.07) is 5.38. The lowest BCUT2D eigenvalue weighted by atomic mass is 10.1. The SMILES string of the molecule is COc1cc(N)cc(-c2nnnn2-c2cn(C)nc2C)c1. The van der Waals surface area contributed by atoms with Gasteiger partial charge in [-0.1, -0.05) is 0 Å². The number of ether oxygens (including phenoxy) is 1. The first-order valence-electron chi connectivity index (χ1n) is 6.32. The zero-order chi connectivity index (χ0) is 15.0. The van der Waals surface area contributed by atoms with Gasteiger partial charge in [-0.15, -0.1) is 5.10 Å². The van der Waals surface area contributed by atoms with Gasteiger partial charge in [0.2, 0.25) is 0 Å². The number of nitrogens with two attached hydrogens (primary N) is 1. The standard InChI is InChI=1S/C13H15N7O/c1-8-12(7-19(2)16-8)20-13(15-17-18-20)9-4-10(14)6-11(5-9)21-3/h4-7H,14H2,1-3H3. The minimum Gasteiger partial charge on any atom is -0.497 e. The number of aromatic nitrogens is 6. The zero-order valence-corrected chi connectivity index (χ0v) is 12.0. The van der Waals surface area contributed by atoms with Crippen LogP contribution in [0.5, 0.6) is 5.75 Å². The van der Waals surface area contributed by atoms with Gasteiger partial charge in [0.15, 0.2) is 5.82 Å². The van der Waals surface area contributed by atoms with Crippen molar-refractivity contribution < 1.29 is 4.74 Å². The molecule has 21 heavy (non-hydrogen) atoms. The molecule has 3 rings (SSSR count). The first kappa shape index (κ1) is 13.1. The number of benzene rings is 1. The Bertz CT molecular complexity index is 790. The molecule has 0 aliphatic carbocycles. The molecule has 0 amide bonds. The summed E-state index contributed by atoms with van der Waals surface area (Å²) in [5.74, 6) is 1.24. The topological polar surface area (TPSA) is 96.7 Å². The molecule has 0 unspecified atom stereocenters. The zero-order valence-electron chi connectivity index (χ0n) is 12.0. The number of nitrogen functional groups attached to an aromatic ring is 1. The molecule has 2 aromatic heterocycles. The molecule has 2 N–H and O–H groups in total. The van der Waals surface area contributed by atoms with Crippen molar-refractivity contribution in [2.45, 2.75) is 6.92 Å². The predicted molar refractivity (Wildman–Crippen MR) is 77.1 cm³/mol. The predicted octanol–water partition coefficient (Wildman–Crippen LogP) is 0.962. The molecule has 8 heteroatoms. The van der Waals surface area contributed by atoms with Gasteiger partial charge < -0.3 is 10.5 Å². The summed E-state index contributed by atoms with van der Waals surface area (Å²) >= 11 is 0. The molecule has 0 spiro atoms. The smallest absolute Gasteiger partial charge is 0.187 e. The Labute approximate surface area is 121 Å². The molecule has 0 radical (unpaired) electrons. The Morgan fingerprint density at radius 1 is 1.24 bits per heavy atom. The number of tetrazole rings is 1. The van der Waals surface area contributed by atoms with E-state index in [-0.39, 0.29) is 0 Å². The van der Waals surface area contributed by atoms with Crippen LogP contribution >= 0.6 is 0 Å². The second-order valence-corrected chi connectivity index (χ2v) is 4.68. The van der Waals surface area contributed by atoms with Crippen molar-refractivity contribution >= 4 is 5.69 Å². The van der Waals surface area contributed by atoms with Crippen molar-refractivity contribution in [2.75, 3.05) is 12.8 Å². The van der Waals surface area contributed by atoms with E-state index in [0.29, 0.717) is 17.3 Å². The van der Waals surface area contributed by atoms with Gasteiger partial charge in [-0.25, -0.2) is 0 Å². The molecule has 3 aromatic rings. The lowest BCUT2D eigenvalue weighted by Crippen LogP contribution is -2.01. The minimum atomic E-state index is 0.580. The van der Waals surface area contributed by atoms with E-state index in [4.69, 9.17) is 10.5 Å². The van der Waals surface area contributed by atoms with Crippen LogP contribution in [0, 0.1) is 6.92 Å². The number of rotatable bonds is 3. The molecule has 0 fully saturated rings. The summed E-state index contributed by atoms with van der Waals surface area (Å²) in [6.45, 7) is 1.90. The number of aryl methyl sites for hydroxylation is 2. The lowest BCUT2D eigenvalue weighted by molar-refractivity contribution is 0.415. The number of nitrogens with zero attached hydrogens (tertiary/aromatic N) is 6. The van der Waals surface area contributed by atoms with Gasteiger partial charge in [-0.05, 0) is 29.5 Å². The van der Waals surface area contributed by atoms with E-state index in [1.807, 2.05) is 26.2 Å². The first-order valence-corrected chi connectivity index (χ1v) is 6.32. The van der Waals surface area contributed by atoms with Crippen LogP contribution in [0.2, 0.25) is 0 Å². The third-order valence-electron chi connectivity index (χ3n) is 3.11. The Hall–Kier alpha value is -2.90. The molecule has 8 nitrogen and oxygen atoms in total. The summed E-state index contributed by atoms with van der Waals surface area (Å²) in [7, 11) is 3.44. The second kappa shape index (κ2) is 4.89. The summed E-state index contributed by atoms with van der Waals surface area (Å²) < 4.78 is 8.59. The van der Waals surface area contributed by atoms with Gasteiger partial charge >= 0.3 is 0 Å². The Morgan fingerprint density at radius 3 is 2.71 bits per heavy atom. The van der Waals surface area contributed by atoms with Crippen LogP contribution < -0.4 is 10.5 Å². The first-order chi connectivity index (χ1) is 10.1. The average Bonchev–Trinajstić information content (AvgIpc) is 3.04. The lowest BCUT2D eigenvalue weighted by Gasteiger charge is -2.06. The van der Waals surface area contributed by atoms with Crippen molar-refractivity contribution in [2.24, 2.45) is 7.05 Å². The van der Waals surface area contributed by atoms with Crippen LogP contribution in [0.1, 0.15) is 5.69 Å². The van der Waals surface area contributed by atoms with Gasteiger partial charge in [0, 0.05) is 24.4 Å². The fourth-order valence-electron chi connectivity index (χ4n) is 2.19. The summed E-state index contributed by atoms with van der Waals surface area (Å²) in [4.78, 5) is 0. The highest BCUT2D eigenvalue weighted by molar-refractivity contribution is 5.65. The van der Waals surface area contributed by atoms with Gasteiger partial charge in [-0.2, -0.15) is 9.78 Å². The molecule has 0 aliphatic heterocycles. The molecular weight excluding hydrogens is 270 g/mol. The maximum atomic E-state index is 5.89. The second-order valence-electron chi connectivity index (χ2n) is 4.68. The summed E-state index contributed by atoms with van der Waals surface area (Å²) in [5, 5.41) is 16.2. The van der Waals surface area contributed by atoms with E-state index in [1.54, 1.807) is 28.6 Å². The van der Waals surface area contributed by atoms with Gasteiger partial charge in [-0.3, -0.25) is 4.68 Å². The fraction of sp³-hybridized carbons (Fsp3) is 0.231. The van der Waals surface area contributed by atoms with Crippen LogP contribution in [-0.2, 0) is 7.05 Å². The van der Waals surface area contributed by atoms with Crippen molar-refractivity contribution in [3.8, 4) is 22.8 Å². The maximum Gasteiger partial charge on any atom is 0.187 e. The van der Waals surface area contributed by atoms with E-state index >= 15 is 0 Å². The van der Waals surface area contributed by atoms with E-state index in [1.165, 1.54) is 0 Å². The van der Waals surface area contributed by atoms with Crippen LogP contribution in [0.25, 0.3) is 17.1 Å². The number of hydrogen-bond acceptors (Lipinski definition) is 6. The Kier molecular flexibility index (Phi) is 3.05. The minimum absolute atomic E-state index is 0.580. The summed E-state index contributed by atoms with van der Waals surface area (Å²) in [6.07, 6.45) is 1.86. The fourth-order valence-corrected chi connectivity index (χ4v) is 2.19. The number of anilines is 1. The normalized spacial score (nSPS) is 10.8. The van der Waals surface area contributed by atoms with Gasteiger partial charge in [0.25, 0.3) is 0 Å². The van der Waals surface area contributed by atoms with E-state index < -0.39 is 0 Å². The van der Waals surface area contributed by atoms with Crippen LogP contribution in [0.15, 0.2) is 24.4 Å². The molecular formula is C13H15N7O. The molecule has 2 heterocycles. The highest BCUT2D eigenvalue weighted by atomic mass is 16.5. The van der Waals surface area contributed by atoms with Crippen LogP contribution in [0.3, 0.4) is 0 Å². The molecule has 108 valence electrons. The van der Waals surface area contributed by atoms with Crippen LogP contribution in [0.4, 0.5) is 5.69 Å². The van der Waals surface area contributed by atoms with E-state index in [0.717, 1.165) is 16.9 Å². The highest BCUT2D eigenvalue weighted by Crippen LogP contribution is 2.27. The quantitative estimate of drug-likeness (QED) is 0.720. The molecule has 0 aliphatic rings.